The number of nitrogens with zero attached hydrogens (tertiary/aromatic N) is 5. The van der Waals surface area contributed by atoms with Crippen LogP contribution in [0.15, 0.2) is 364 Å². The van der Waals surface area contributed by atoms with Crippen molar-refractivity contribution in [3.63, 3.8) is 0 Å². The van der Waals surface area contributed by atoms with E-state index in [0.29, 0.717) is 5.69 Å². The Balaban J connectivity index is 0.914. The molecule has 20 aromatic rings. The molecule has 120 heavy (non-hydrogen) atoms. The van der Waals surface area contributed by atoms with Crippen molar-refractivity contribution in [1.82, 2.24) is 9.13 Å². The molecule has 0 amide bonds. The molecule has 16 aromatic carbocycles. The summed E-state index contributed by atoms with van der Waals surface area (Å²) in [6.07, 6.45) is 4.29. The van der Waals surface area contributed by atoms with Crippen molar-refractivity contribution >= 4 is 132 Å². The average molecular weight is 1570 g/mol. The third-order valence-corrected chi connectivity index (χ3v) is 26.0. The van der Waals surface area contributed by atoms with Gasteiger partial charge in [-0.25, -0.2) is 0 Å². The second-order valence-electron chi connectivity index (χ2n) is 35.2. The van der Waals surface area contributed by atoms with Crippen LogP contribution in [0.4, 0.5) is 34.1 Å². The molecule has 0 spiro atoms. The fraction of sp³-hybridized carbons (Fsp3) is 0.106. The summed E-state index contributed by atoms with van der Waals surface area (Å²) in [6, 6.07) is 85.0. The molecule has 0 unspecified atom stereocenters. The number of hydrogen-bond donors (Lipinski definition) is 0. The van der Waals surface area contributed by atoms with Crippen molar-refractivity contribution in [1.29, 1.82) is 0 Å². The quantitative estimate of drug-likeness (QED) is 0.122. The van der Waals surface area contributed by atoms with Crippen LogP contribution in [-0.4, -0.2) is 15.8 Å². The van der Waals surface area contributed by atoms with Gasteiger partial charge in [0.15, 0.2) is 12.4 Å². The Morgan fingerprint density at radius 3 is 1.24 bits per heavy atom. The van der Waals surface area contributed by atoms with Gasteiger partial charge in [0.05, 0.1) is 54.0 Å². The first-order chi connectivity index (χ1) is 64.6. The third-order valence-electron chi connectivity index (χ3n) is 24.8. The van der Waals surface area contributed by atoms with Crippen LogP contribution in [0.3, 0.4) is 0 Å². The fourth-order valence-corrected chi connectivity index (χ4v) is 19.8. The summed E-state index contributed by atoms with van der Waals surface area (Å²) in [5.41, 5.74) is 22.9. The molecule has 0 fully saturated rings. The molecule has 0 saturated carbocycles. The van der Waals surface area contributed by atoms with Crippen LogP contribution in [0.25, 0.3) is 159 Å². The minimum Gasteiger partial charge on any atom is -0.310 e. The van der Waals surface area contributed by atoms with Crippen LogP contribution < -0.4 is 30.8 Å². The van der Waals surface area contributed by atoms with Gasteiger partial charge in [-0.1, -0.05) is 268 Å². The number of anilines is 6. The van der Waals surface area contributed by atoms with Gasteiger partial charge < -0.3 is 18.9 Å². The van der Waals surface area contributed by atoms with Crippen molar-refractivity contribution in [2.24, 2.45) is 0 Å². The molecule has 0 N–H and O–H groups in total. The Labute approximate surface area is 726 Å². The molecule has 4 aromatic heterocycles. The molecule has 13 bridgehead atoms. The predicted octanol–water partition coefficient (Wildman–Crippen LogP) is 28.5. The van der Waals surface area contributed by atoms with E-state index >= 15 is 0 Å². The summed E-state index contributed by atoms with van der Waals surface area (Å²) < 4.78 is 153. The molecule has 3 aliphatic heterocycles. The van der Waals surface area contributed by atoms with E-state index in [0.717, 1.165) is 165 Å². The standard InChI is InChI=1S/C113H87BN5S/c1-111(2,3)80-60-89(71-30-15-11-16-31-71)109-91(62-80)77-36-25-34-73(56-77)75-45-53-106-94(58-75)95-59-76(46-54-107(95)120-106)74-35-26-37-78(57-74)92-63-81(112(4,5)6)61-90(72-32-17-12-18-33-72)110(92)119-103-68-85(117-100-44-24-21-41-88(100)93-66-84(49-52-101(93)117)116-98-42-22-19-39-86(98)87-40-20-23-43-99(87)116)48-51-97(103)114-96-50-47-83(115-55-27-38-79(69-115)70-28-13-10-14-29-70)67-102(96)118(109)104-64-82(113(7,8)9)65-105(119)108(104)114/h10-69H,1-9H3/q+1/i19D,20D,21D,22D,23D,24D,39D,40D,41D,42D,43D,44D,49D,52D,66D. The number of hydrogen-bond acceptors (Lipinski definition) is 3. The highest BCUT2D eigenvalue weighted by Gasteiger charge is 2.47. The van der Waals surface area contributed by atoms with Gasteiger partial charge in [0.1, 0.15) is 0 Å². The first-order valence-corrected chi connectivity index (χ1v) is 41.8. The average Bonchev–Trinajstić information content (AvgIpc) is 0.733. The molecule has 0 aliphatic carbocycles. The summed E-state index contributed by atoms with van der Waals surface area (Å²) in [6.45, 7) is 19.7. The van der Waals surface area contributed by atoms with Crippen LogP contribution in [0.1, 0.15) is 99.6 Å². The van der Waals surface area contributed by atoms with E-state index in [1.165, 1.54) is 4.70 Å². The second kappa shape index (κ2) is 26.8. The SMILES string of the molecule is [2H]c1c([2H])c([2H])c2c(c1[2H])c1c([2H])c(-n3c4c([2H])c([2H])c([2H])c([2H])c4c4c([2H])c([2H])c([2H])c([2H])c43)c([2H])c([2H])c1n2-c1ccc2c(c1)N1c3cc(C(C)(C)C)cc4c3B2c2ccc(-[n+]3cccc(-c5ccccc5)c3)cc2N4c2c(-c3ccccc3)cc(C(C)(C)C)cc2-c2cccc(c2)-c2ccc3sc4ccc(cc4c3c2)-c2cccc(c2)-c2cc(C(C)(C)C)cc(-c3ccccc3)c21. The lowest BCUT2D eigenvalue weighted by Gasteiger charge is -2.46. The molecule has 0 atom stereocenters. The van der Waals surface area contributed by atoms with Gasteiger partial charge in [-0.2, -0.15) is 4.57 Å². The van der Waals surface area contributed by atoms with Crippen molar-refractivity contribution in [2.75, 3.05) is 9.80 Å². The van der Waals surface area contributed by atoms with Gasteiger partial charge in [-0.15, -0.1) is 11.3 Å². The van der Waals surface area contributed by atoms with E-state index < -0.39 is 114 Å². The Hall–Kier alpha value is -13.8. The highest BCUT2D eigenvalue weighted by molar-refractivity contribution is 7.25. The predicted molar refractivity (Wildman–Crippen MR) is 511 cm³/mol. The monoisotopic (exact) mass is 1570 g/mol. The lowest BCUT2D eigenvalue weighted by molar-refractivity contribution is -0.595. The maximum Gasteiger partial charge on any atom is 0.252 e. The largest absolute Gasteiger partial charge is 0.310 e. The molecule has 0 radical (unpaired) electrons. The van der Waals surface area contributed by atoms with Gasteiger partial charge in [0, 0.05) is 122 Å². The van der Waals surface area contributed by atoms with E-state index in [1.54, 1.807) is 15.9 Å². The minimum atomic E-state index is -0.732. The van der Waals surface area contributed by atoms with Gasteiger partial charge in [-0.05, 0) is 227 Å². The van der Waals surface area contributed by atoms with Crippen molar-refractivity contribution in [2.45, 2.75) is 78.6 Å². The number of aromatic nitrogens is 3. The number of benzene rings is 16. The van der Waals surface area contributed by atoms with E-state index in [4.69, 9.17) is 5.48 Å². The van der Waals surface area contributed by atoms with Crippen LogP contribution >= 0.6 is 11.3 Å². The topological polar surface area (TPSA) is 20.2 Å². The molecule has 7 heterocycles. The Bertz CT molecular complexity index is 8570. The van der Waals surface area contributed by atoms with Crippen LogP contribution in [-0.2, 0) is 16.2 Å². The molecule has 3 aliphatic rings. The zero-order valence-electron chi connectivity index (χ0n) is 82.7. The molecule has 7 heteroatoms. The van der Waals surface area contributed by atoms with E-state index in [9.17, 15) is 15.1 Å². The van der Waals surface area contributed by atoms with Gasteiger partial charge >= 0.3 is 0 Å². The van der Waals surface area contributed by atoms with Crippen LogP contribution in [0, 0.1) is 0 Å². The lowest BCUT2D eigenvalue weighted by Crippen LogP contribution is -2.61. The fourth-order valence-electron chi connectivity index (χ4n) is 18.7. The minimum absolute atomic E-state index is 0.144. The third kappa shape index (κ3) is 11.4. The molecule has 0 saturated heterocycles. The highest BCUT2D eigenvalue weighted by Crippen LogP contribution is 2.57. The molecular weight excluding hydrogens is 1470 g/mol. The number of fused-ring (bicyclic) bond motifs is 26. The number of thiophene rings is 1. The first kappa shape index (κ1) is 57.3. The molecule has 23 rings (SSSR count). The van der Waals surface area contributed by atoms with Crippen molar-refractivity contribution in [3.05, 3.63) is 381 Å². The van der Waals surface area contributed by atoms with E-state index in [1.807, 2.05) is 24.3 Å². The smallest absolute Gasteiger partial charge is 0.252 e. The summed E-state index contributed by atoms with van der Waals surface area (Å²) in [5.74, 6) is 0. The number of para-hydroxylation sites is 3. The summed E-state index contributed by atoms with van der Waals surface area (Å²) in [4.78, 5) is 5.00. The zero-order chi connectivity index (χ0) is 93.8. The summed E-state index contributed by atoms with van der Waals surface area (Å²) in [7, 11) is 0. The highest BCUT2D eigenvalue weighted by atomic mass is 32.1. The Morgan fingerprint density at radius 2 is 0.725 bits per heavy atom. The molecular formula is C113H87BN5S+. The number of pyridine rings is 1. The summed E-state index contributed by atoms with van der Waals surface area (Å²) >= 11 is 1.78. The van der Waals surface area contributed by atoms with Crippen molar-refractivity contribution in [3.8, 4) is 95.0 Å². The van der Waals surface area contributed by atoms with E-state index in [2.05, 4.69) is 326 Å². The Kier molecular flexibility index (Phi) is 12.8. The normalized spacial score (nSPS) is 14.7. The van der Waals surface area contributed by atoms with Crippen LogP contribution in [0.5, 0.6) is 0 Å². The van der Waals surface area contributed by atoms with Gasteiger partial charge in [0.2, 0.25) is 5.69 Å². The molecule has 5 nitrogen and oxygen atoms in total. The first-order valence-electron chi connectivity index (χ1n) is 48.5. The summed E-state index contributed by atoms with van der Waals surface area (Å²) in [5, 5.41) is 1.24. The van der Waals surface area contributed by atoms with Crippen LogP contribution in [0.2, 0.25) is 0 Å². The van der Waals surface area contributed by atoms with Gasteiger partial charge in [-0.3, -0.25) is 0 Å². The second-order valence-corrected chi connectivity index (χ2v) is 36.3. The number of rotatable bonds is 6. The van der Waals surface area contributed by atoms with E-state index in [-0.39, 0.29) is 54.7 Å². The maximum absolute atomic E-state index is 10.9. The van der Waals surface area contributed by atoms with Gasteiger partial charge in [0.25, 0.3) is 6.71 Å². The lowest BCUT2D eigenvalue weighted by atomic mass is 9.33. The molecule has 572 valence electrons. The zero-order valence-corrected chi connectivity index (χ0v) is 68.5. The van der Waals surface area contributed by atoms with Crippen molar-refractivity contribution < 1.29 is 25.1 Å². The maximum atomic E-state index is 10.9. The Morgan fingerprint density at radius 1 is 0.308 bits per heavy atom.